The number of rotatable bonds is 2. The summed E-state index contributed by atoms with van der Waals surface area (Å²) in [6.07, 6.45) is 1.56. The van der Waals surface area contributed by atoms with E-state index in [-0.39, 0.29) is 6.10 Å². The summed E-state index contributed by atoms with van der Waals surface area (Å²) in [5.41, 5.74) is 0.396. The lowest BCUT2D eigenvalue weighted by molar-refractivity contribution is 0.0554. The number of nitrogens with one attached hydrogen (secondary N) is 1. The van der Waals surface area contributed by atoms with Crippen LogP contribution in [-0.2, 0) is 9.53 Å². The van der Waals surface area contributed by atoms with E-state index in [1.54, 1.807) is 6.29 Å². The van der Waals surface area contributed by atoms with Gasteiger partial charge >= 0.3 is 0 Å². The van der Waals surface area contributed by atoms with E-state index in [0.29, 0.717) is 18.7 Å². The second-order valence-corrected chi connectivity index (χ2v) is 2.19. The molecule has 1 aliphatic heterocycles. The molecule has 0 bridgehead atoms. The Hall–Kier alpha value is -0.670. The maximum atomic E-state index is 10.1. The Kier molecular flexibility index (Phi) is 2.59. The van der Waals surface area contributed by atoms with Gasteiger partial charge in [0.2, 0.25) is 6.29 Å². The molecule has 1 N–H and O–H groups in total. The molecule has 0 spiro atoms. The van der Waals surface area contributed by atoms with Crippen LogP contribution in [0.4, 0.5) is 0 Å². The van der Waals surface area contributed by atoms with Gasteiger partial charge < -0.3 is 10.1 Å². The van der Waals surface area contributed by atoms with Crippen LogP contribution in [0.5, 0.6) is 0 Å². The van der Waals surface area contributed by atoms with Crippen molar-refractivity contribution in [2.45, 2.75) is 6.10 Å². The van der Waals surface area contributed by atoms with E-state index in [9.17, 15) is 4.79 Å². The van der Waals surface area contributed by atoms with Gasteiger partial charge in [0, 0.05) is 18.7 Å². The molecule has 1 aliphatic rings. The minimum absolute atomic E-state index is 0.161. The van der Waals surface area contributed by atoms with E-state index < -0.39 is 0 Å². The molecule has 1 fully saturated rings. The van der Waals surface area contributed by atoms with Gasteiger partial charge in [0.1, 0.15) is 0 Å². The van der Waals surface area contributed by atoms with Crippen LogP contribution in [0.15, 0.2) is 12.2 Å². The molecule has 0 aliphatic carbocycles. The predicted molar refractivity (Wildman–Crippen MR) is 37.4 cm³/mol. The highest BCUT2D eigenvalue weighted by Gasteiger charge is 2.15. The number of ether oxygens (including phenoxy) is 1. The molecule has 10 heavy (non-hydrogen) atoms. The topological polar surface area (TPSA) is 38.3 Å². The van der Waals surface area contributed by atoms with Gasteiger partial charge in [-0.2, -0.15) is 0 Å². The molecule has 3 nitrogen and oxygen atoms in total. The fourth-order valence-corrected chi connectivity index (χ4v) is 0.855. The Morgan fingerprint density at radius 3 is 3.10 bits per heavy atom. The van der Waals surface area contributed by atoms with Gasteiger partial charge in [0.05, 0.1) is 12.7 Å². The van der Waals surface area contributed by atoms with Crippen LogP contribution in [-0.4, -0.2) is 32.1 Å². The summed E-state index contributed by atoms with van der Waals surface area (Å²) >= 11 is 0. The van der Waals surface area contributed by atoms with Crippen molar-refractivity contribution in [2.24, 2.45) is 0 Å². The highest BCUT2D eigenvalue weighted by Crippen LogP contribution is 2.03. The molecule has 0 aromatic rings. The van der Waals surface area contributed by atoms with Crippen molar-refractivity contribution in [2.75, 3.05) is 19.7 Å². The molecule has 1 atom stereocenters. The zero-order chi connectivity index (χ0) is 7.40. The van der Waals surface area contributed by atoms with E-state index in [2.05, 4.69) is 11.9 Å². The lowest BCUT2D eigenvalue weighted by Gasteiger charge is -2.22. The Bertz CT molecular complexity index is 139. The lowest BCUT2D eigenvalue weighted by Crippen LogP contribution is -2.39. The van der Waals surface area contributed by atoms with Gasteiger partial charge in [-0.15, -0.1) is 0 Å². The van der Waals surface area contributed by atoms with E-state index in [0.717, 1.165) is 6.54 Å². The van der Waals surface area contributed by atoms with Crippen molar-refractivity contribution < 1.29 is 9.53 Å². The SMILES string of the molecule is C=C([C]=O)C1CNCCO1. The third kappa shape index (κ3) is 1.65. The number of carbonyl (C=O) groups excluding carboxylic acids is 1. The van der Waals surface area contributed by atoms with Gasteiger partial charge in [0.15, 0.2) is 0 Å². The summed E-state index contributed by atoms with van der Waals surface area (Å²) in [6.45, 7) is 5.68. The zero-order valence-electron chi connectivity index (χ0n) is 5.72. The molecule has 3 heteroatoms. The van der Waals surface area contributed by atoms with Gasteiger partial charge in [-0.1, -0.05) is 6.58 Å². The van der Waals surface area contributed by atoms with Gasteiger partial charge in [-0.05, 0) is 0 Å². The second-order valence-electron chi connectivity index (χ2n) is 2.19. The first-order chi connectivity index (χ1) is 4.84. The van der Waals surface area contributed by atoms with Crippen LogP contribution in [0.1, 0.15) is 0 Å². The fraction of sp³-hybridized carbons (Fsp3) is 0.571. The Labute approximate surface area is 60.1 Å². The Morgan fingerprint density at radius 1 is 1.80 bits per heavy atom. The molecular weight excluding hydrogens is 130 g/mol. The van der Waals surface area contributed by atoms with Crippen molar-refractivity contribution in [3.63, 3.8) is 0 Å². The smallest absolute Gasteiger partial charge is 0.231 e. The van der Waals surface area contributed by atoms with E-state index in [1.165, 1.54) is 0 Å². The summed E-state index contributed by atoms with van der Waals surface area (Å²) in [4.78, 5) is 10.1. The maximum Gasteiger partial charge on any atom is 0.231 e. The monoisotopic (exact) mass is 140 g/mol. The predicted octanol–water partition coefficient (Wildman–Crippen LogP) is -0.359. The molecular formula is C7H10NO2. The molecule has 0 aromatic carbocycles. The quantitative estimate of drug-likeness (QED) is 0.532. The highest BCUT2D eigenvalue weighted by atomic mass is 16.5. The van der Waals surface area contributed by atoms with E-state index in [4.69, 9.17) is 4.74 Å². The van der Waals surface area contributed by atoms with Crippen LogP contribution in [0.3, 0.4) is 0 Å². The van der Waals surface area contributed by atoms with Crippen LogP contribution in [0, 0.1) is 0 Å². The van der Waals surface area contributed by atoms with Crippen LogP contribution in [0.2, 0.25) is 0 Å². The van der Waals surface area contributed by atoms with Crippen molar-refractivity contribution in [3.05, 3.63) is 12.2 Å². The first kappa shape index (κ1) is 7.44. The van der Waals surface area contributed by atoms with Gasteiger partial charge in [-0.25, -0.2) is 0 Å². The Morgan fingerprint density at radius 2 is 2.60 bits per heavy atom. The highest BCUT2D eigenvalue weighted by molar-refractivity contribution is 5.74. The molecule has 1 radical (unpaired) electrons. The standard InChI is InChI=1S/C7H10NO2/c1-6(5-9)7-4-8-2-3-10-7/h7-8H,1-4H2. The summed E-state index contributed by atoms with van der Waals surface area (Å²) in [5.74, 6) is 0. The summed E-state index contributed by atoms with van der Waals surface area (Å²) < 4.78 is 5.21. The molecule has 0 saturated carbocycles. The molecule has 0 aromatic heterocycles. The maximum absolute atomic E-state index is 10.1. The second kappa shape index (κ2) is 3.49. The number of hydrogen-bond donors (Lipinski definition) is 1. The summed E-state index contributed by atoms with van der Waals surface area (Å²) in [7, 11) is 0. The number of hydrogen-bond acceptors (Lipinski definition) is 3. The molecule has 1 rings (SSSR count). The minimum Gasteiger partial charge on any atom is -0.371 e. The van der Waals surface area contributed by atoms with Gasteiger partial charge in [-0.3, -0.25) is 4.79 Å². The van der Waals surface area contributed by atoms with Crippen LogP contribution in [0.25, 0.3) is 0 Å². The van der Waals surface area contributed by atoms with Crippen molar-refractivity contribution >= 4 is 6.29 Å². The summed E-state index contributed by atoms with van der Waals surface area (Å²) in [6, 6.07) is 0. The number of morpholine rings is 1. The third-order valence-electron chi connectivity index (χ3n) is 1.45. The van der Waals surface area contributed by atoms with Crippen molar-refractivity contribution in [1.82, 2.24) is 5.32 Å². The zero-order valence-corrected chi connectivity index (χ0v) is 5.72. The minimum atomic E-state index is -0.161. The van der Waals surface area contributed by atoms with Crippen molar-refractivity contribution in [3.8, 4) is 0 Å². The average Bonchev–Trinajstić information content (AvgIpc) is 2.05. The molecule has 1 saturated heterocycles. The molecule has 55 valence electrons. The fourth-order valence-electron chi connectivity index (χ4n) is 0.855. The van der Waals surface area contributed by atoms with Gasteiger partial charge in [0.25, 0.3) is 0 Å². The third-order valence-corrected chi connectivity index (χ3v) is 1.45. The Balaban J connectivity index is 2.38. The summed E-state index contributed by atoms with van der Waals surface area (Å²) in [5, 5.41) is 3.09. The normalized spacial score (nSPS) is 25.8. The van der Waals surface area contributed by atoms with Crippen molar-refractivity contribution in [1.29, 1.82) is 0 Å². The first-order valence-corrected chi connectivity index (χ1v) is 3.24. The first-order valence-electron chi connectivity index (χ1n) is 3.24. The van der Waals surface area contributed by atoms with Crippen LogP contribution >= 0.6 is 0 Å². The molecule has 0 amide bonds. The largest absolute Gasteiger partial charge is 0.371 e. The van der Waals surface area contributed by atoms with E-state index >= 15 is 0 Å². The molecule has 1 unspecified atom stereocenters. The van der Waals surface area contributed by atoms with Crippen LogP contribution < -0.4 is 5.32 Å². The van der Waals surface area contributed by atoms with E-state index in [1.807, 2.05) is 0 Å². The molecule has 1 heterocycles. The average molecular weight is 140 g/mol. The lowest BCUT2D eigenvalue weighted by atomic mass is 10.2.